The lowest BCUT2D eigenvalue weighted by molar-refractivity contribution is -0.143. The van der Waals surface area contributed by atoms with E-state index >= 15 is 0 Å². The maximum absolute atomic E-state index is 11.5. The molecule has 0 spiro atoms. The number of hydrogen-bond acceptors (Lipinski definition) is 5. The Labute approximate surface area is 131 Å². The number of amides is 2. The molecule has 8 nitrogen and oxygen atoms in total. The Kier molecular flexibility index (Phi) is 6.97. The summed E-state index contributed by atoms with van der Waals surface area (Å²) in [6, 6.07) is 3.89. The van der Waals surface area contributed by atoms with E-state index in [4.69, 9.17) is 21.4 Å². The lowest BCUT2D eigenvalue weighted by Gasteiger charge is -2.10. The number of carbonyl (C=O) groups is 3. The molecule has 120 valence electrons. The van der Waals surface area contributed by atoms with E-state index in [2.05, 4.69) is 15.4 Å². The number of carboxylic acid groups (broad SMARTS) is 1. The van der Waals surface area contributed by atoms with E-state index in [1.807, 2.05) is 0 Å². The van der Waals surface area contributed by atoms with Crippen molar-refractivity contribution in [2.24, 2.45) is 0 Å². The third-order valence-electron chi connectivity index (χ3n) is 2.39. The quantitative estimate of drug-likeness (QED) is 0.653. The molecule has 0 saturated carbocycles. The lowest BCUT2D eigenvalue weighted by atomic mass is 10.3. The van der Waals surface area contributed by atoms with Crippen LogP contribution in [0.4, 0.5) is 10.5 Å². The Morgan fingerprint density at radius 3 is 2.64 bits per heavy atom. The topological polar surface area (TPSA) is 114 Å². The van der Waals surface area contributed by atoms with Crippen molar-refractivity contribution >= 4 is 35.3 Å². The van der Waals surface area contributed by atoms with Crippen LogP contribution in [-0.2, 0) is 14.3 Å². The fourth-order valence-corrected chi connectivity index (χ4v) is 1.58. The number of aliphatic carboxylic acids is 1. The van der Waals surface area contributed by atoms with E-state index in [-0.39, 0.29) is 30.3 Å². The van der Waals surface area contributed by atoms with Crippen LogP contribution in [-0.4, -0.2) is 43.3 Å². The van der Waals surface area contributed by atoms with Gasteiger partial charge in [-0.05, 0) is 18.2 Å². The first-order valence-corrected chi connectivity index (χ1v) is 6.56. The number of benzene rings is 1. The second kappa shape index (κ2) is 8.73. The molecule has 0 radical (unpaired) electrons. The summed E-state index contributed by atoms with van der Waals surface area (Å²) in [6.45, 7) is -0.270. The zero-order chi connectivity index (χ0) is 16.5. The van der Waals surface area contributed by atoms with Gasteiger partial charge in [-0.1, -0.05) is 11.6 Å². The number of nitrogens with one attached hydrogen (secondary N) is 2. The van der Waals surface area contributed by atoms with Crippen LogP contribution >= 0.6 is 11.6 Å². The highest BCUT2D eigenvalue weighted by Crippen LogP contribution is 2.27. The number of ether oxygens (including phenoxy) is 2. The minimum Gasteiger partial charge on any atom is -0.481 e. The monoisotopic (exact) mass is 330 g/mol. The molecule has 0 fully saturated rings. The lowest BCUT2D eigenvalue weighted by Crippen LogP contribution is -2.30. The molecule has 2 amide bonds. The SMILES string of the molecule is COC(=O)COc1ccc(NC(=O)NCCC(=O)O)cc1Cl. The number of rotatable bonds is 7. The Morgan fingerprint density at radius 1 is 1.32 bits per heavy atom. The van der Waals surface area contributed by atoms with Crippen molar-refractivity contribution in [3.05, 3.63) is 23.2 Å². The standard InChI is InChI=1S/C13H15ClN2O6/c1-21-12(19)7-22-10-3-2-8(6-9(10)14)16-13(20)15-5-4-11(17)18/h2-3,6H,4-5,7H2,1H3,(H,17,18)(H2,15,16,20). The number of methoxy groups -OCH3 is 1. The van der Waals surface area contributed by atoms with Gasteiger partial charge >= 0.3 is 18.0 Å². The average Bonchev–Trinajstić information content (AvgIpc) is 2.45. The number of anilines is 1. The van der Waals surface area contributed by atoms with Crippen molar-refractivity contribution in [1.82, 2.24) is 5.32 Å². The summed E-state index contributed by atoms with van der Waals surface area (Å²) < 4.78 is 9.57. The number of carbonyl (C=O) groups excluding carboxylic acids is 2. The first kappa shape index (κ1) is 17.6. The molecule has 0 heterocycles. The van der Waals surface area contributed by atoms with Gasteiger partial charge < -0.3 is 25.2 Å². The molecule has 0 atom stereocenters. The summed E-state index contributed by atoms with van der Waals surface area (Å²) >= 11 is 5.96. The van der Waals surface area contributed by atoms with Crippen molar-refractivity contribution in [3.63, 3.8) is 0 Å². The van der Waals surface area contributed by atoms with Gasteiger partial charge in [0.15, 0.2) is 6.61 Å². The van der Waals surface area contributed by atoms with Crippen molar-refractivity contribution in [2.75, 3.05) is 25.6 Å². The van der Waals surface area contributed by atoms with E-state index in [9.17, 15) is 14.4 Å². The van der Waals surface area contributed by atoms with Crippen LogP contribution < -0.4 is 15.4 Å². The third kappa shape index (κ3) is 6.31. The molecule has 0 aliphatic heterocycles. The van der Waals surface area contributed by atoms with Crippen LogP contribution in [0, 0.1) is 0 Å². The van der Waals surface area contributed by atoms with E-state index in [1.54, 1.807) is 0 Å². The van der Waals surface area contributed by atoms with Crippen LogP contribution in [0.25, 0.3) is 0 Å². The molecule has 0 aliphatic carbocycles. The fourth-order valence-electron chi connectivity index (χ4n) is 1.35. The summed E-state index contributed by atoms with van der Waals surface area (Å²) in [4.78, 5) is 32.8. The van der Waals surface area contributed by atoms with E-state index in [0.717, 1.165) is 0 Å². The van der Waals surface area contributed by atoms with Crippen molar-refractivity contribution in [1.29, 1.82) is 0 Å². The van der Waals surface area contributed by atoms with Crippen molar-refractivity contribution in [3.8, 4) is 5.75 Å². The minimum atomic E-state index is -1.00. The molecule has 0 aromatic heterocycles. The Balaban J connectivity index is 2.52. The Bertz CT molecular complexity index is 563. The van der Waals surface area contributed by atoms with Crippen molar-refractivity contribution < 1.29 is 29.0 Å². The Morgan fingerprint density at radius 2 is 2.05 bits per heavy atom. The molecular weight excluding hydrogens is 316 g/mol. The summed E-state index contributed by atoms with van der Waals surface area (Å²) in [5.41, 5.74) is 0.392. The average molecular weight is 331 g/mol. The maximum Gasteiger partial charge on any atom is 0.343 e. The van der Waals surface area contributed by atoms with Gasteiger partial charge in [0.1, 0.15) is 5.75 Å². The predicted molar refractivity (Wildman–Crippen MR) is 78.2 cm³/mol. The number of carboxylic acids is 1. The highest BCUT2D eigenvalue weighted by Gasteiger charge is 2.08. The van der Waals surface area contributed by atoms with Crippen LogP contribution in [0.2, 0.25) is 5.02 Å². The molecule has 22 heavy (non-hydrogen) atoms. The molecule has 0 aliphatic rings. The minimum absolute atomic E-state index is 0.00915. The zero-order valence-electron chi connectivity index (χ0n) is 11.7. The van der Waals surface area contributed by atoms with E-state index in [1.165, 1.54) is 25.3 Å². The zero-order valence-corrected chi connectivity index (χ0v) is 12.5. The first-order chi connectivity index (χ1) is 10.4. The molecule has 0 saturated heterocycles. The Hall–Kier alpha value is -2.48. The smallest absolute Gasteiger partial charge is 0.343 e. The molecular formula is C13H15ClN2O6. The molecule has 1 aromatic carbocycles. The number of hydrogen-bond donors (Lipinski definition) is 3. The normalized spacial score (nSPS) is 9.73. The van der Waals surface area contributed by atoms with Gasteiger partial charge in [0.05, 0.1) is 18.6 Å². The molecule has 0 bridgehead atoms. The number of halogens is 1. The van der Waals surface area contributed by atoms with Gasteiger partial charge in [-0.2, -0.15) is 0 Å². The highest BCUT2D eigenvalue weighted by atomic mass is 35.5. The maximum atomic E-state index is 11.5. The molecule has 3 N–H and O–H groups in total. The van der Waals surface area contributed by atoms with Crippen LogP contribution in [0.3, 0.4) is 0 Å². The summed E-state index contributed by atoms with van der Waals surface area (Å²) in [5.74, 6) is -1.28. The van der Waals surface area contributed by atoms with E-state index in [0.29, 0.717) is 5.69 Å². The van der Waals surface area contributed by atoms with Gasteiger partial charge in [0, 0.05) is 12.2 Å². The third-order valence-corrected chi connectivity index (χ3v) is 2.68. The van der Waals surface area contributed by atoms with Crippen LogP contribution in [0.5, 0.6) is 5.75 Å². The molecule has 1 aromatic rings. The van der Waals surface area contributed by atoms with Gasteiger partial charge in [0.25, 0.3) is 0 Å². The second-order valence-corrected chi connectivity index (χ2v) is 4.44. The first-order valence-electron chi connectivity index (χ1n) is 6.18. The van der Waals surface area contributed by atoms with Crippen LogP contribution in [0.15, 0.2) is 18.2 Å². The highest BCUT2D eigenvalue weighted by molar-refractivity contribution is 6.32. The van der Waals surface area contributed by atoms with Gasteiger partial charge in [-0.3, -0.25) is 4.79 Å². The van der Waals surface area contributed by atoms with Gasteiger partial charge in [-0.15, -0.1) is 0 Å². The summed E-state index contributed by atoms with van der Waals surface area (Å²) in [6.07, 6.45) is -0.172. The number of urea groups is 1. The predicted octanol–water partition coefficient (Wildman–Crippen LogP) is 1.49. The fraction of sp³-hybridized carbons (Fsp3) is 0.308. The summed E-state index contributed by atoms with van der Waals surface area (Å²) in [5, 5.41) is 13.5. The number of esters is 1. The van der Waals surface area contributed by atoms with Crippen LogP contribution in [0.1, 0.15) is 6.42 Å². The van der Waals surface area contributed by atoms with Gasteiger partial charge in [0.2, 0.25) is 0 Å². The molecule has 0 unspecified atom stereocenters. The second-order valence-electron chi connectivity index (χ2n) is 4.03. The molecule has 1 rings (SSSR count). The largest absolute Gasteiger partial charge is 0.481 e. The molecule has 9 heteroatoms. The van der Waals surface area contributed by atoms with E-state index < -0.39 is 18.0 Å². The summed E-state index contributed by atoms with van der Waals surface area (Å²) in [7, 11) is 1.24. The van der Waals surface area contributed by atoms with Crippen molar-refractivity contribution in [2.45, 2.75) is 6.42 Å². The van der Waals surface area contributed by atoms with Gasteiger partial charge in [-0.25, -0.2) is 9.59 Å².